The smallest absolute Gasteiger partial charge is 0.243 e. The van der Waals surface area contributed by atoms with Crippen LogP contribution in [0.15, 0.2) is 58.5 Å². The zero-order valence-electron chi connectivity index (χ0n) is 18.0. The number of aromatic nitrogens is 3. The monoisotopic (exact) mass is 557 g/mol. The fraction of sp³-hybridized carbons (Fsp3) is 0.350. The van der Waals surface area contributed by atoms with E-state index in [1.54, 1.807) is 38.4 Å². The van der Waals surface area contributed by atoms with E-state index in [1.807, 2.05) is 42.6 Å². The normalized spacial score (nSPS) is 12.3. The SMILES string of the molecule is CN=C(NCc1ccc(S(=O)(=O)N(C)C(C)C)cc1)NCc1nnc2ccccn12.I. The number of hydrogen-bond acceptors (Lipinski definition) is 5. The molecule has 3 rings (SSSR count). The van der Waals surface area contributed by atoms with Gasteiger partial charge in [-0.25, -0.2) is 8.42 Å². The van der Waals surface area contributed by atoms with Crippen LogP contribution in [-0.4, -0.2) is 53.4 Å². The largest absolute Gasteiger partial charge is 0.352 e. The van der Waals surface area contributed by atoms with Crippen molar-refractivity contribution in [3.63, 3.8) is 0 Å². The van der Waals surface area contributed by atoms with E-state index in [0.717, 1.165) is 17.0 Å². The molecule has 11 heteroatoms. The van der Waals surface area contributed by atoms with E-state index in [0.29, 0.717) is 19.0 Å². The molecule has 9 nitrogen and oxygen atoms in total. The fourth-order valence-electron chi connectivity index (χ4n) is 2.80. The van der Waals surface area contributed by atoms with Crippen LogP contribution in [0.3, 0.4) is 0 Å². The van der Waals surface area contributed by atoms with Crippen LogP contribution in [0, 0.1) is 0 Å². The molecule has 0 unspecified atom stereocenters. The summed E-state index contributed by atoms with van der Waals surface area (Å²) in [5.41, 5.74) is 1.73. The summed E-state index contributed by atoms with van der Waals surface area (Å²) in [7, 11) is -0.205. The molecule has 0 fully saturated rings. The number of aliphatic imine (C=N–C) groups is 1. The molecule has 0 saturated carbocycles. The first-order valence-corrected chi connectivity index (χ1v) is 11.1. The van der Waals surface area contributed by atoms with Gasteiger partial charge in [0.25, 0.3) is 0 Å². The number of fused-ring (bicyclic) bond motifs is 1. The van der Waals surface area contributed by atoms with Crippen molar-refractivity contribution in [3.05, 3.63) is 60.0 Å². The Labute approximate surface area is 200 Å². The number of pyridine rings is 1. The number of benzene rings is 1. The van der Waals surface area contributed by atoms with Crippen LogP contribution in [0.5, 0.6) is 0 Å². The molecule has 168 valence electrons. The Bertz CT molecular complexity index is 1130. The number of guanidine groups is 1. The van der Waals surface area contributed by atoms with Gasteiger partial charge in [0.05, 0.1) is 11.4 Å². The molecule has 0 atom stereocenters. The standard InChI is InChI=1S/C20H27N7O2S.HI/c1-15(2)26(4)30(28,29)17-10-8-16(9-11-17)13-22-20(21-3)23-14-19-25-24-18-7-5-6-12-27(18)19;/h5-12,15H,13-14H2,1-4H3,(H2,21,22,23);1H. The molecule has 3 aromatic rings. The lowest BCUT2D eigenvalue weighted by Crippen LogP contribution is -2.36. The van der Waals surface area contributed by atoms with Crippen LogP contribution in [0.25, 0.3) is 5.65 Å². The maximum atomic E-state index is 12.6. The van der Waals surface area contributed by atoms with Crippen molar-refractivity contribution in [2.75, 3.05) is 14.1 Å². The molecule has 0 radical (unpaired) electrons. The topological polar surface area (TPSA) is 104 Å². The van der Waals surface area contributed by atoms with Crippen LogP contribution in [0.1, 0.15) is 25.2 Å². The van der Waals surface area contributed by atoms with Crippen molar-refractivity contribution < 1.29 is 8.42 Å². The van der Waals surface area contributed by atoms with E-state index in [4.69, 9.17) is 0 Å². The van der Waals surface area contributed by atoms with Gasteiger partial charge in [0.15, 0.2) is 17.4 Å². The first kappa shape index (κ1) is 25.0. The second-order valence-corrected chi connectivity index (χ2v) is 9.08. The maximum absolute atomic E-state index is 12.6. The average Bonchev–Trinajstić information content (AvgIpc) is 3.16. The minimum atomic E-state index is -3.48. The average molecular weight is 557 g/mol. The second kappa shape index (κ2) is 10.9. The summed E-state index contributed by atoms with van der Waals surface area (Å²) in [6.07, 6.45) is 1.91. The van der Waals surface area contributed by atoms with Gasteiger partial charge in [-0.2, -0.15) is 4.31 Å². The van der Waals surface area contributed by atoms with Crippen LogP contribution >= 0.6 is 24.0 Å². The van der Waals surface area contributed by atoms with Gasteiger partial charge in [-0.05, 0) is 43.7 Å². The van der Waals surface area contributed by atoms with Crippen molar-refractivity contribution >= 4 is 45.6 Å². The van der Waals surface area contributed by atoms with Crippen LogP contribution in [-0.2, 0) is 23.1 Å². The summed E-state index contributed by atoms with van der Waals surface area (Å²) in [6, 6.07) is 12.5. The number of rotatable bonds is 7. The molecule has 0 saturated heterocycles. The highest BCUT2D eigenvalue weighted by atomic mass is 127. The number of halogens is 1. The minimum absolute atomic E-state index is 0. The lowest BCUT2D eigenvalue weighted by atomic mass is 10.2. The van der Waals surface area contributed by atoms with Gasteiger partial charge >= 0.3 is 0 Å². The summed E-state index contributed by atoms with van der Waals surface area (Å²) < 4.78 is 28.4. The minimum Gasteiger partial charge on any atom is -0.352 e. The Hall–Kier alpha value is -2.25. The first-order chi connectivity index (χ1) is 14.3. The molecular formula is C20H28IN7O2S. The Morgan fingerprint density at radius 1 is 1.10 bits per heavy atom. The van der Waals surface area contributed by atoms with E-state index in [1.165, 1.54) is 4.31 Å². The van der Waals surface area contributed by atoms with Crippen LogP contribution < -0.4 is 10.6 Å². The number of nitrogens with one attached hydrogen (secondary N) is 2. The second-order valence-electron chi connectivity index (χ2n) is 7.08. The summed E-state index contributed by atoms with van der Waals surface area (Å²) in [6.45, 7) is 4.65. The van der Waals surface area contributed by atoms with Crippen molar-refractivity contribution in [3.8, 4) is 0 Å². The third kappa shape index (κ3) is 5.92. The molecule has 31 heavy (non-hydrogen) atoms. The molecule has 2 aromatic heterocycles. The van der Waals surface area contributed by atoms with Crippen LogP contribution in [0.2, 0.25) is 0 Å². The predicted octanol–water partition coefficient (Wildman–Crippen LogP) is 2.24. The molecule has 0 bridgehead atoms. The highest BCUT2D eigenvalue weighted by molar-refractivity contribution is 14.0. The number of nitrogens with zero attached hydrogens (tertiary/aromatic N) is 5. The molecule has 2 N–H and O–H groups in total. The predicted molar refractivity (Wildman–Crippen MR) is 132 cm³/mol. The Morgan fingerprint density at radius 3 is 2.42 bits per heavy atom. The molecule has 0 aliphatic rings. The van der Waals surface area contributed by atoms with Crippen molar-refractivity contribution in [1.29, 1.82) is 0 Å². The molecular weight excluding hydrogens is 529 g/mol. The molecule has 2 heterocycles. The lowest BCUT2D eigenvalue weighted by molar-refractivity contribution is 0.410. The number of sulfonamides is 1. The molecule has 1 aromatic carbocycles. The Balaban J connectivity index is 0.00000341. The Kier molecular flexibility index (Phi) is 8.77. The quantitative estimate of drug-likeness (QED) is 0.263. The van der Waals surface area contributed by atoms with Gasteiger partial charge in [-0.3, -0.25) is 9.39 Å². The summed E-state index contributed by atoms with van der Waals surface area (Å²) in [4.78, 5) is 4.50. The van der Waals surface area contributed by atoms with Crippen LogP contribution in [0.4, 0.5) is 0 Å². The highest BCUT2D eigenvalue weighted by Gasteiger charge is 2.22. The maximum Gasteiger partial charge on any atom is 0.243 e. The molecule has 0 amide bonds. The van der Waals surface area contributed by atoms with Gasteiger partial charge in [0.1, 0.15) is 0 Å². The summed E-state index contributed by atoms with van der Waals surface area (Å²) >= 11 is 0. The highest BCUT2D eigenvalue weighted by Crippen LogP contribution is 2.17. The first-order valence-electron chi connectivity index (χ1n) is 9.63. The molecule has 0 spiro atoms. The fourth-order valence-corrected chi connectivity index (χ4v) is 4.17. The molecule has 0 aliphatic heterocycles. The Morgan fingerprint density at radius 2 is 1.77 bits per heavy atom. The van der Waals surface area contributed by atoms with E-state index in [-0.39, 0.29) is 34.9 Å². The van der Waals surface area contributed by atoms with E-state index in [9.17, 15) is 8.42 Å². The van der Waals surface area contributed by atoms with E-state index in [2.05, 4.69) is 25.8 Å². The lowest BCUT2D eigenvalue weighted by Gasteiger charge is -2.21. The van der Waals surface area contributed by atoms with E-state index < -0.39 is 10.0 Å². The van der Waals surface area contributed by atoms with Gasteiger partial charge in [-0.1, -0.05) is 18.2 Å². The van der Waals surface area contributed by atoms with Gasteiger partial charge < -0.3 is 10.6 Å². The van der Waals surface area contributed by atoms with E-state index >= 15 is 0 Å². The summed E-state index contributed by atoms with van der Waals surface area (Å²) in [5.74, 6) is 1.39. The third-order valence-corrected chi connectivity index (χ3v) is 6.86. The zero-order valence-corrected chi connectivity index (χ0v) is 21.1. The van der Waals surface area contributed by atoms with Crippen molar-refractivity contribution in [2.45, 2.75) is 37.9 Å². The third-order valence-electron chi connectivity index (χ3n) is 4.81. The van der Waals surface area contributed by atoms with Gasteiger partial charge in [0.2, 0.25) is 10.0 Å². The summed E-state index contributed by atoms with van der Waals surface area (Å²) in [5, 5.41) is 14.7. The van der Waals surface area contributed by atoms with Crippen molar-refractivity contribution in [2.24, 2.45) is 4.99 Å². The van der Waals surface area contributed by atoms with Gasteiger partial charge in [-0.15, -0.1) is 34.2 Å². The number of hydrogen-bond donors (Lipinski definition) is 2. The zero-order chi connectivity index (χ0) is 21.7. The molecule has 0 aliphatic carbocycles. The van der Waals surface area contributed by atoms with Crippen molar-refractivity contribution in [1.82, 2.24) is 29.5 Å². The van der Waals surface area contributed by atoms with Gasteiger partial charge in [0, 0.05) is 32.9 Å².